The minimum absolute atomic E-state index is 0.393. The quantitative estimate of drug-likeness (QED) is 0.814. The summed E-state index contributed by atoms with van der Waals surface area (Å²) in [6.07, 6.45) is -5.62. The monoisotopic (exact) mass is 352 g/mol. The minimum Gasteiger partial charge on any atom is -0.442 e. The number of ether oxygens (including phenoxy) is 1. The van der Waals surface area contributed by atoms with E-state index < -0.39 is 23.9 Å². The van der Waals surface area contributed by atoms with Crippen molar-refractivity contribution in [2.24, 2.45) is 5.73 Å². The van der Waals surface area contributed by atoms with Gasteiger partial charge < -0.3 is 15.8 Å². The van der Waals surface area contributed by atoms with Gasteiger partial charge in [-0.05, 0) is 54.8 Å². The van der Waals surface area contributed by atoms with E-state index in [4.69, 9.17) is 10.5 Å². The van der Waals surface area contributed by atoms with E-state index in [9.17, 15) is 18.0 Å². The van der Waals surface area contributed by atoms with Crippen LogP contribution in [0.2, 0.25) is 0 Å². The number of carbonyl (C=O) groups is 1. The second-order valence-corrected chi connectivity index (χ2v) is 5.70. The lowest BCUT2D eigenvalue weighted by atomic mass is 10.0. The third-order valence-electron chi connectivity index (χ3n) is 3.78. The molecule has 0 aliphatic heterocycles. The predicted molar refractivity (Wildman–Crippen MR) is 89.0 cm³/mol. The summed E-state index contributed by atoms with van der Waals surface area (Å²) in [7, 11) is 0. The molecule has 0 aliphatic carbocycles. The molecule has 1 unspecified atom stereocenters. The first-order valence-corrected chi connectivity index (χ1v) is 7.63. The topological polar surface area (TPSA) is 64.3 Å². The molecule has 1 amide bonds. The fourth-order valence-electron chi connectivity index (χ4n) is 2.50. The molecule has 1 atom stereocenters. The Kier molecular flexibility index (Phi) is 5.56. The van der Waals surface area contributed by atoms with Crippen LogP contribution in [-0.4, -0.2) is 6.09 Å². The van der Waals surface area contributed by atoms with Gasteiger partial charge in [0.2, 0.25) is 0 Å². The number of benzene rings is 2. The van der Waals surface area contributed by atoms with E-state index in [1.54, 1.807) is 6.92 Å². The second kappa shape index (κ2) is 7.46. The van der Waals surface area contributed by atoms with Crippen molar-refractivity contribution in [2.45, 2.75) is 32.7 Å². The number of alkyl halides is 3. The summed E-state index contributed by atoms with van der Waals surface area (Å²) in [6, 6.07) is 10.5. The number of halogens is 3. The van der Waals surface area contributed by atoms with Crippen LogP contribution in [0.4, 0.5) is 23.7 Å². The number of rotatable bonds is 5. The molecule has 0 radical (unpaired) electrons. The van der Waals surface area contributed by atoms with Gasteiger partial charge in [-0.3, -0.25) is 0 Å². The van der Waals surface area contributed by atoms with Crippen molar-refractivity contribution < 1.29 is 22.7 Å². The maximum Gasteiger partial charge on any atom is 0.416 e. The molecule has 2 rings (SSSR count). The van der Waals surface area contributed by atoms with Crippen molar-refractivity contribution in [1.29, 1.82) is 0 Å². The van der Waals surface area contributed by atoms with E-state index in [0.29, 0.717) is 6.54 Å². The Balaban J connectivity index is 2.01. The normalized spacial score (nSPS) is 12.5. The smallest absolute Gasteiger partial charge is 0.416 e. The van der Waals surface area contributed by atoms with Crippen molar-refractivity contribution in [2.75, 3.05) is 5.32 Å². The fourth-order valence-corrected chi connectivity index (χ4v) is 2.50. The van der Waals surface area contributed by atoms with Crippen LogP contribution >= 0.6 is 0 Å². The highest BCUT2D eigenvalue weighted by Gasteiger charge is 2.29. The molecular formula is C18H19F3N2O2. The molecular weight excluding hydrogens is 333 g/mol. The Hall–Kier alpha value is -2.70. The van der Waals surface area contributed by atoms with Crippen LogP contribution in [-0.2, 0) is 17.5 Å². The summed E-state index contributed by atoms with van der Waals surface area (Å²) < 4.78 is 42.6. The summed E-state index contributed by atoms with van der Waals surface area (Å²) in [4.78, 5) is 10.8. The van der Waals surface area contributed by atoms with Crippen LogP contribution in [0.5, 0.6) is 0 Å². The van der Waals surface area contributed by atoms with Crippen LogP contribution < -0.4 is 11.1 Å². The first-order valence-electron chi connectivity index (χ1n) is 7.63. The number of primary amides is 1. The minimum atomic E-state index is -4.33. The molecule has 2 aromatic carbocycles. The van der Waals surface area contributed by atoms with Crippen LogP contribution in [0.3, 0.4) is 0 Å². The van der Waals surface area contributed by atoms with E-state index >= 15 is 0 Å². The van der Waals surface area contributed by atoms with Gasteiger partial charge in [0, 0.05) is 12.2 Å². The van der Waals surface area contributed by atoms with Crippen molar-refractivity contribution in [3.63, 3.8) is 0 Å². The SMILES string of the molecule is Cc1cc(NCc2ccc(C(F)(F)F)cc2)ccc1C(C)OC(N)=O. The number of carbonyl (C=O) groups excluding carboxylic acids is 1. The summed E-state index contributed by atoms with van der Waals surface area (Å²) in [6.45, 7) is 3.99. The van der Waals surface area contributed by atoms with Crippen molar-refractivity contribution in [3.05, 3.63) is 64.7 Å². The summed E-state index contributed by atoms with van der Waals surface area (Å²) >= 11 is 0. The number of nitrogens with one attached hydrogen (secondary N) is 1. The Morgan fingerprint density at radius 1 is 1.20 bits per heavy atom. The molecule has 25 heavy (non-hydrogen) atoms. The molecule has 0 saturated carbocycles. The van der Waals surface area contributed by atoms with Crippen LogP contribution in [0.15, 0.2) is 42.5 Å². The first kappa shape index (κ1) is 18.6. The predicted octanol–water partition coefficient (Wildman–Crippen LogP) is 4.78. The third-order valence-corrected chi connectivity index (χ3v) is 3.78. The lowest BCUT2D eigenvalue weighted by molar-refractivity contribution is -0.137. The van der Waals surface area contributed by atoms with Gasteiger partial charge in [0.15, 0.2) is 0 Å². The van der Waals surface area contributed by atoms with Crippen LogP contribution in [0, 0.1) is 6.92 Å². The molecule has 3 N–H and O–H groups in total. The molecule has 0 aromatic heterocycles. The molecule has 0 aliphatic rings. The van der Waals surface area contributed by atoms with Gasteiger partial charge in [-0.15, -0.1) is 0 Å². The molecule has 4 nitrogen and oxygen atoms in total. The molecule has 0 heterocycles. The number of hydrogen-bond donors (Lipinski definition) is 2. The van der Waals surface area contributed by atoms with Gasteiger partial charge in [0.25, 0.3) is 0 Å². The molecule has 134 valence electrons. The fraction of sp³-hybridized carbons (Fsp3) is 0.278. The number of anilines is 1. The van der Waals surface area contributed by atoms with Gasteiger partial charge in [-0.25, -0.2) is 4.79 Å². The Morgan fingerprint density at radius 3 is 2.36 bits per heavy atom. The number of hydrogen-bond acceptors (Lipinski definition) is 3. The zero-order valence-corrected chi connectivity index (χ0v) is 13.9. The lowest BCUT2D eigenvalue weighted by Gasteiger charge is -2.16. The molecule has 0 saturated heterocycles. The van der Waals surface area contributed by atoms with Gasteiger partial charge in [-0.1, -0.05) is 18.2 Å². The maximum absolute atomic E-state index is 12.5. The maximum atomic E-state index is 12.5. The molecule has 7 heteroatoms. The van der Waals surface area contributed by atoms with Crippen LogP contribution in [0.25, 0.3) is 0 Å². The number of amides is 1. The highest BCUT2D eigenvalue weighted by Crippen LogP contribution is 2.29. The first-order chi connectivity index (χ1) is 11.7. The van der Waals surface area contributed by atoms with E-state index in [0.717, 1.165) is 34.5 Å². The molecule has 0 fully saturated rings. The van der Waals surface area contributed by atoms with E-state index in [2.05, 4.69) is 5.32 Å². The third kappa shape index (κ3) is 5.14. The Morgan fingerprint density at radius 2 is 1.84 bits per heavy atom. The summed E-state index contributed by atoms with van der Waals surface area (Å²) in [5.41, 5.74) is 7.64. The lowest BCUT2D eigenvalue weighted by Crippen LogP contribution is -2.16. The van der Waals surface area contributed by atoms with Crippen molar-refractivity contribution in [3.8, 4) is 0 Å². The average molecular weight is 352 g/mol. The standard InChI is InChI=1S/C18H19F3N2O2/c1-11-9-15(7-8-16(11)12(2)25-17(22)24)23-10-13-3-5-14(6-4-13)18(19,20)21/h3-9,12,23H,10H2,1-2H3,(H2,22,24). The van der Waals surface area contributed by atoms with Gasteiger partial charge in [0.1, 0.15) is 6.10 Å². The van der Waals surface area contributed by atoms with E-state index in [1.165, 1.54) is 12.1 Å². The highest BCUT2D eigenvalue weighted by atomic mass is 19.4. The number of nitrogens with two attached hydrogens (primary N) is 1. The van der Waals surface area contributed by atoms with Crippen LogP contribution in [0.1, 0.15) is 35.3 Å². The molecule has 0 spiro atoms. The average Bonchev–Trinajstić information content (AvgIpc) is 2.51. The zero-order chi connectivity index (χ0) is 18.6. The molecule has 0 bridgehead atoms. The summed E-state index contributed by atoms with van der Waals surface area (Å²) in [5.74, 6) is 0. The van der Waals surface area contributed by atoms with Gasteiger partial charge in [-0.2, -0.15) is 13.2 Å². The highest BCUT2D eigenvalue weighted by molar-refractivity contribution is 5.65. The van der Waals surface area contributed by atoms with Crippen molar-refractivity contribution in [1.82, 2.24) is 0 Å². The zero-order valence-electron chi connectivity index (χ0n) is 13.9. The largest absolute Gasteiger partial charge is 0.442 e. The van der Waals surface area contributed by atoms with Gasteiger partial charge in [0.05, 0.1) is 5.56 Å². The Bertz CT molecular complexity index is 743. The molecule has 2 aromatic rings. The number of aryl methyl sites for hydroxylation is 1. The van der Waals surface area contributed by atoms with Gasteiger partial charge >= 0.3 is 12.3 Å². The summed E-state index contributed by atoms with van der Waals surface area (Å²) in [5, 5.41) is 3.15. The Labute approximate surface area is 143 Å². The van der Waals surface area contributed by atoms with E-state index in [1.807, 2.05) is 25.1 Å². The second-order valence-electron chi connectivity index (χ2n) is 5.70. The van der Waals surface area contributed by atoms with Crippen molar-refractivity contribution >= 4 is 11.8 Å². The van der Waals surface area contributed by atoms with E-state index in [-0.39, 0.29) is 0 Å².